The number of nitrogens with zero attached hydrogens (tertiary/aromatic N) is 2. The second-order valence-electron chi connectivity index (χ2n) is 5.25. The minimum absolute atomic E-state index is 0.228. The molecular weight excluding hydrogens is 250 g/mol. The number of thioether (sulfide) groups is 2. The minimum atomic E-state index is 0.228. The van der Waals surface area contributed by atoms with E-state index in [0.717, 1.165) is 18.3 Å². The minimum Gasteiger partial charge on any atom is -0.360 e. The number of hydrogen-bond acceptors (Lipinski definition) is 4. The van der Waals surface area contributed by atoms with Crippen LogP contribution in [0.15, 0.2) is 4.99 Å². The van der Waals surface area contributed by atoms with Gasteiger partial charge in [-0.25, -0.2) is 0 Å². The molecule has 2 aliphatic rings. The quantitative estimate of drug-likeness (QED) is 0.850. The van der Waals surface area contributed by atoms with E-state index >= 15 is 0 Å². The van der Waals surface area contributed by atoms with Crippen LogP contribution in [0.3, 0.4) is 0 Å². The van der Waals surface area contributed by atoms with Crippen molar-refractivity contribution in [2.45, 2.75) is 25.8 Å². The van der Waals surface area contributed by atoms with Gasteiger partial charge >= 0.3 is 0 Å². The molecule has 0 aromatic carbocycles. The van der Waals surface area contributed by atoms with Gasteiger partial charge < -0.3 is 5.32 Å². The van der Waals surface area contributed by atoms with Crippen molar-refractivity contribution in [3.05, 3.63) is 0 Å². The maximum atomic E-state index is 4.69. The zero-order chi connectivity index (χ0) is 12.1. The van der Waals surface area contributed by atoms with Crippen LogP contribution in [0.25, 0.3) is 0 Å². The molecule has 0 aromatic rings. The molecule has 0 unspecified atom stereocenters. The molecule has 0 aliphatic carbocycles. The van der Waals surface area contributed by atoms with Gasteiger partial charge in [-0.3, -0.25) is 9.89 Å². The van der Waals surface area contributed by atoms with Crippen LogP contribution in [0.1, 0.15) is 20.3 Å². The Kier molecular flexibility index (Phi) is 5.06. The van der Waals surface area contributed by atoms with E-state index in [1.807, 2.05) is 11.8 Å². The molecule has 1 N–H and O–H groups in total. The maximum Gasteiger partial charge on any atom is 0.157 e. The van der Waals surface area contributed by atoms with Gasteiger partial charge in [0.05, 0.1) is 6.54 Å². The van der Waals surface area contributed by atoms with Gasteiger partial charge in [0.25, 0.3) is 0 Å². The molecule has 98 valence electrons. The van der Waals surface area contributed by atoms with Gasteiger partial charge in [0, 0.05) is 42.4 Å². The molecule has 0 amide bonds. The highest BCUT2D eigenvalue weighted by Crippen LogP contribution is 2.21. The lowest BCUT2D eigenvalue weighted by atomic mass is 10.0. The van der Waals surface area contributed by atoms with Crippen LogP contribution in [-0.2, 0) is 0 Å². The average molecular weight is 273 g/mol. The standard InChI is InChI=1S/C12H23N3S2/c1-12(2)3-8-17-11(14-12)13-4-5-15-6-9-16-10-7-15/h3-10H2,1-2H3,(H,13,14). The van der Waals surface area contributed by atoms with Gasteiger partial charge in [-0.1, -0.05) is 11.8 Å². The SMILES string of the molecule is CC1(C)CCSC(=NCCN2CCSCC2)N1. The molecule has 3 nitrogen and oxygen atoms in total. The van der Waals surface area contributed by atoms with Crippen LogP contribution in [0.2, 0.25) is 0 Å². The van der Waals surface area contributed by atoms with Gasteiger partial charge in [-0.15, -0.1) is 0 Å². The molecule has 17 heavy (non-hydrogen) atoms. The van der Waals surface area contributed by atoms with E-state index in [4.69, 9.17) is 4.99 Å². The van der Waals surface area contributed by atoms with Crippen LogP contribution in [0.5, 0.6) is 0 Å². The topological polar surface area (TPSA) is 27.6 Å². The molecule has 2 aliphatic heterocycles. The average Bonchev–Trinajstić information content (AvgIpc) is 2.29. The second kappa shape index (κ2) is 6.34. The molecule has 2 heterocycles. The summed E-state index contributed by atoms with van der Waals surface area (Å²) in [6.07, 6.45) is 1.22. The van der Waals surface area contributed by atoms with Crippen molar-refractivity contribution in [3.63, 3.8) is 0 Å². The molecule has 2 fully saturated rings. The van der Waals surface area contributed by atoms with E-state index in [1.165, 1.54) is 36.8 Å². The van der Waals surface area contributed by atoms with Gasteiger partial charge in [-0.2, -0.15) is 11.8 Å². The van der Waals surface area contributed by atoms with E-state index in [-0.39, 0.29) is 5.54 Å². The Bertz CT molecular complexity index is 273. The zero-order valence-corrected chi connectivity index (χ0v) is 12.5. The van der Waals surface area contributed by atoms with E-state index in [2.05, 4.69) is 35.8 Å². The van der Waals surface area contributed by atoms with E-state index in [0.29, 0.717) is 0 Å². The predicted molar refractivity (Wildman–Crippen MR) is 80.4 cm³/mol. The molecule has 2 rings (SSSR count). The molecule has 0 atom stereocenters. The van der Waals surface area contributed by atoms with Crippen LogP contribution in [-0.4, -0.2) is 59.0 Å². The number of hydrogen-bond donors (Lipinski definition) is 1. The summed E-state index contributed by atoms with van der Waals surface area (Å²) in [5.41, 5.74) is 0.228. The Balaban J connectivity index is 1.72. The van der Waals surface area contributed by atoms with Crippen LogP contribution in [0.4, 0.5) is 0 Å². The van der Waals surface area contributed by atoms with Crippen molar-refractivity contribution in [1.29, 1.82) is 0 Å². The van der Waals surface area contributed by atoms with Crippen molar-refractivity contribution in [2.24, 2.45) is 4.99 Å². The summed E-state index contributed by atoms with van der Waals surface area (Å²) in [4.78, 5) is 7.22. The summed E-state index contributed by atoms with van der Waals surface area (Å²) >= 11 is 3.93. The molecular formula is C12H23N3S2. The monoisotopic (exact) mass is 273 g/mol. The maximum absolute atomic E-state index is 4.69. The Hall–Kier alpha value is 0.130. The first-order chi connectivity index (χ1) is 8.16. The Morgan fingerprint density at radius 2 is 2.06 bits per heavy atom. The first kappa shape index (κ1) is 13.6. The summed E-state index contributed by atoms with van der Waals surface area (Å²) in [7, 11) is 0. The highest BCUT2D eigenvalue weighted by Gasteiger charge is 2.23. The third-order valence-electron chi connectivity index (χ3n) is 3.19. The Morgan fingerprint density at radius 1 is 1.29 bits per heavy atom. The van der Waals surface area contributed by atoms with Crippen molar-refractivity contribution in [3.8, 4) is 0 Å². The third-order valence-corrected chi connectivity index (χ3v) is 5.04. The number of nitrogens with one attached hydrogen (secondary N) is 1. The third kappa shape index (κ3) is 4.72. The number of rotatable bonds is 3. The van der Waals surface area contributed by atoms with Crippen molar-refractivity contribution in [2.75, 3.05) is 43.4 Å². The van der Waals surface area contributed by atoms with Crippen LogP contribution < -0.4 is 5.32 Å². The van der Waals surface area contributed by atoms with Crippen molar-refractivity contribution >= 4 is 28.7 Å². The first-order valence-corrected chi connectivity index (χ1v) is 8.55. The van der Waals surface area contributed by atoms with Crippen LogP contribution >= 0.6 is 23.5 Å². The fraction of sp³-hybridized carbons (Fsp3) is 0.917. The second-order valence-corrected chi connectivity index (χ2v) is 7.56. The normalized spacial score (nSPS) is 28.0. The highest BCUT2D eigenvalue weighted by molar-refractivity contribution is 8.13. The van der Waals surface area contributed by atoms with Crippen molar-refractivity contribution < 1.29 is 0 Å². The summed E-state index contributed by atoms with van der Waals surface area (Å²) in [5.74, 6) is 3.77. The Labute approximate surface area is 113 Å². The lowest BCUT2D eigenvalue weighted by Gasteiger charge is -2.32. The van der Waals surface area contributed by atoms with E-state index in [1.54, 1.807) is 0 Å². The summed E-state index contributed by atoms with van der Waals surface area (Å²) in [6, 6.07) is 0. The molecule has 0 saturated carbocycles. The fourth-order valence-corrected chi connectivity index (χ4v) is 4.31. The molecule has 0 spiro atoms. The molecule has 0 aromatic heterocycles. The van der Waals surface area contributed by atoms with E-state index < -0.39 is 0 Å². The summed E-state index contributed by atoms with van der Waals surface area (Å²) < 4.78 is 0. The van der Waals surface area contributed by atoms with Gasteiger partial charge in [0.2, 0.25) is 0 Å². The highest BCUT2D eigenvalue weighted by atomic mass is 32.2. The first-order valence-electron chi connectivity index (χ1n) is 6.41. The zero-order valence-electron chi connectivity index (χ0n) is 10.9. The fourth-order valence-electron chi connectivity index (χ4n) is 1.99. The molecule has 5 heteroatoms. The Morgan fingerprint density at radius 3 is 2.76 bits per heavy atom. The van der Waals surface area contributed by atoms with Gasteiger partial charge in [0.15, 0.2) is 5.17 Å². The smallest absolute Gasteiger partial charge is 0.157 e. The summed E-state index contributed by atoms with van der Waals surface area (Å²) in [5, 5.41) is 4.67. The molecule has 0 radical (unpaired) electrons. The van der Waals surface area contributed by atoms with Gasteiger partial charge in [-0.05, 0) is 20.3 Å². The van der Waals surface area contributed by atoms with Crippen molar-refractivity contribution in [1.82, 2.24) is 10.2 Å². The lowest BCUT2D eigenvalue weighted by molar-refractivity contribution is 0.311. The number of amidine groups is 1. The molecule has 0 bridgehead atoms. The molecule has 2 saturated heterocycles. The van der Waals surface area contributed by atoms with Crippen LogP contribution in [0, 0.1) is 0 Å². The summed E-state index contributed by atoms with van der Waals surface area (Å²) in [6.45, 7) is 9.04. The largest absolute Gasteiger partial charge is 0.360 e. The number of aliphatic imine (C=N–C) groups is 1. The van der Waals surface area contributed by atoms with E-state index in [9.17, 15) is 0 Å². The predicted octanol–water partition coefficient (Wildman–Crippen LogP) is 1.90. The van der Waals surface area contributed by atoms with Gasteiger partial charge in [0.1, 0.15) is 0 Å². The lowest BCUT2D eigenvalue weighted by Crippen LogP contribution is -2.46.